The fourth-order valence-corrected chi connectivity index (χ4v) is 5.48. The van der Waals surface area contributed by atoms with Crippen LogP contribution in [-0.2, 0) is 23.9 Å². The monoisotopic (exact) mass is 614 g/mol. The van der Waals surface area contributed by atoms with Gasteiger partial charge in [-0.2, -0.15) is 0 Å². The summed E-state index contributed by atoms with van der Waals surface area (Å²) >= 11 is 11.4. The molecule has 0 unspecified atom stereocenters. The van der Waals surface area contributed by atoms with E-state index in [1.54, 1.807) is 6.92 Å². The molecular formula is C28H30Cl2F2N2O7. The molecule has 2 N–H and O–H groups in total. The van der Waals surface area contributed by atoms with Crippen LogP contribution in [0.1, 0.15) is 39.0 Å². The van der Waals surface area contributed by atoms with Crippen LogP contribution in [0.15, 0.2) is 36.4 Å². The number of halogens is 4. The quantitative estimate of drug-likeness (QED) is 0.342. The summed E-state index contributed by atoms with van der Waals surface area (Å²) in [5.74, 6) is -2.55. The Labute approximate surface area is 245 Å². The van der Waals surface area contributed by atoms with Crippen LogP contribution in [0.2, 0.25) is 10.0 Å². The van der Waals surface area contributed by atoms with Gasteiger partial charge in [0.1, 0.15) is 35.8 Å². The summed E-state index contributed by atoms with van der Waals surface area (Å²) in [4.78, 5) is 38.2. The molecular weight excluding hydrogens is 585 g/mol. The van der Waals surface area contributed by atoms with Crippen molar-refractivity contribution in [3.05, 3.63) is 58.1 Å². The summed E-state index contributed by atoms with van der Waals surface area (Å²) in [6, 6.07) is 7.73. The van der Waals surface area contributed by atoms with Gasteiger partial charge in [0, 0.05) is 30.7 Å². The zero-order valence-electron chi connectivity index (χ0n) is 22.3. The number of rotatable bonds is 12. The molecule has 3 saturated carbocycles. The normalized spacial score (nSPS) is 23.0. The molecule has 0 aromatic heterocycles. The minimum Gasteiger partial charge on any atom is -0.484 e. The predicted molar refractivity (Wildman–Crippen MR) is 145 cm³/mol. The van der Waals surface area contributed by atoms with E-state index in [4.69, 9.17) is 42.1 Å². The summed E-state index contributed by atoms with van der Waals surface area (Å²) in [5, 5.41) is 5.84. The van der Waals surface area contributed by atoms with Gasteiger partial charge in [-0.05, 0) is 56.9 Å². The number of hydrogen-bond acceptors (Lipinski definition) is 7. The second kappa shape index (κ2) is 13.2. The van der Waals surface area contributed by atoms with Crippen molar-refractivity contribution < 1.29 is 42.1 Å². The number of esters is 1. The molecule has 2 aromatic rings. The van der Waals surface area contributed by atoms with Gasteiger partial charge in [0.2, 0.25) is 0 Å². The molecule has 222 valence electrons. The zero-order valence-corrected chi connectivity index (χ0v) is 23.8. The van der Waals surface area contributed by atoms with Crippen LogP contribution in [0.3, 0.4) is 0 Å². The average molecular weight is 615 g/mol. The van der Waals surface area contributed by atoms with E-state index in [9.17, 15) is 23.2 Å². The van der Waals surface area contributed by atoms with Gasteiger partial charge < -0.3 is 29.6 Å². The first-order valence-electron chi connectivity index (χ1n) is 13.1. The molecule has 3 aliphatic rings. The molecule has 3 fully saturated rings. The fourth-order valence-electron chi connectivity index (χ4n) is 5.24. The van der Waals surface area contributed by atoms with Gasteiger partial charge in [0.25, 0.3) is 11.8 Å². The maximum Gasteiger partial charge on any atom is 0.332 e. The van der Waals surface area contributed by atoms with Crippen LogP contribution in [-0.4, -0.2) is 61.4 Å². The average Bonchev–Trinajstić information content (AvgIpc) is 2.94. The molecule has 0 heterocycles. The van der Waals surface area contributed by atoms with Crippen LogP contribution in [0.25, 0.3) is 0 Å². The smallest absolute Gasteiger partial charge is 0.332 e. The Morgan fingerprint density at radius 2 is 1.39 bits per heavy atom. The van der Waals surface area contributed by atoms with Crippen molar-refractivity contribution in [2.45, 2.75) is 56.2 Å². The number of nitrogens with one attached hydrogen (secondary N) is 2. The second-order valence-electron chi connectivity index (χ2n) is 10.1. The van der Waals surface area contributed by atoms with Gasteiger partial charge in [-0.1, -0.05) is 23.2 Å². The van der Waals surface area contributed by atoms with Crippen LogP contribution in [0, 0.1) is 11.6 Å². The topological polar surface area (TPSA) is 112 Å². The number of hydrogen-bond donors (Lipinski definition) is 2. The lowest BCUT2D eigenvalue weighted by Crippen LogP contribution is -2.71. The molecule has 3 aliphatic carbocycles. The molecule has 2 amide bonds. The lowest BCUT2D eigenvalue weighted by Gasteiger charge is -2.57. The first-order valence-corrected chi connectivity index (χ1v) is 13.8. The van der Waals surface area contributed by atoms with Gasteiger partial charge >= 0.3 is 5.97 Å². The molecule has 0 saturated heterocycles. The summed E-state index contributed by atoms with van der Waals surface area (Å²) in [7, 11) is 0. The van der Waals surface area contributed by atoms with E-state index in [0.29, 0.717) is 32.3 Å². The molecule has 1 atom stereocenters. The fraction of sp³-hybridized carbons (Fsp3) is 0.464. The Balaban J connectivity index is 1.40. The maximum absolute atomic E-state index is 13.7. The molecule has 0 aliphatic heterocycles. The molecule has 2 aromatic carbocycles. The Morgan fingerprint density at radius 3 is 1.90 bits per heavy atom. The van der Waals surface area contributed by atoms with E-state index >= 15 is 0 Å². The highest BCUT2D eigenvalue weighted by Gasteiger charge is 2.57. The highest BCUT2D eigenvalue weighted by atomic mass is 35.5. The summed E-state index contributed by atoms with van der Waals surface area (Å²) in [6.07, 6.45) is 1.29. The number of carbonyl (C=O) groups is 3. The largest absolute Gasteiger partial charge is 0.484 e. The molecule has 13 heteroatoms. The second-order valence-corrected chi connectivity index (χ2v) is 10.9. The molecule has 5 rings (SSSR count). The van der Waals surface area contributed by atoms with Gasteiger partial charge in [-0.25, -0.2) is 13.6 Å². The van der Waals surface area contributed by atoms with Gasteiger partial charge in [0.15, 0.2) is 13.2 Å². The maximum atomic E-state index is 13.7. The lowest BCUT2D eigenvalue weighted by molar-refractivity contribution is -0.171. The van der Waals surface area contributed by atoms with Gasteiger partial charge in [0.05, 0.1) is 15.6 Å². The van der Waals surface area contributed by atoms with E-state index in [0.717, 1.165) is 12.1 Å². The van der Waals surface area contributed by atoms with Crippen LogP contribution in [0.5, 0.6) is 11.5 Å². The van der Waals surface area contributed by atoms with Crippen molar-refractivity contribution in [3.8, 4) is 11.5 Å². The third kappa shape index (κ3) is 7.78. The predicted octanol–water partition coefficient (Wildman–Crippen LogP) is 4.37. The molecule has 0 radical (unpaired) electrons. The van der Waals surface area contributed by atoms with Crippen molar-refractivity contribution in [2.24, 2.45) is 0 Å². The third-order valence-electron chi connectivity index (χ3n) is 7.30. The van der Waals surface area contributed by atoms with Crippen LogP contribution < -0.4 is 20.1 Å². The Morgan fingerprint density at radius 1 is 0.854 bits per heavy atom. The van der Waals surface area contributed by atoms with Crippen molar-refractivity contribution >= 4 is 41.0 Å². The van der Waals surface area contributed by atoms with E-state index < -0.39 is 53.2 Å². The van der Waals surface area contributed by atoms with Crippen molar-refractivity contribution in [1.82, 2.24) is 10.6 Å². The SMILES string of the molecule is CCOCC(=O)O[C@H]1CC2(NC(=O)COc3ccc(Cl)c(F)c3)CCC1(NC(=O)COc1ccc(Cl)c(F)c1)CC2. The van der Waals surface area contributed by atoms with E-state index in [1.165, 1.54) is 24.3 Å². The number of benzene rings is 2. The van der Waals surface area contributed by atoms with Crippen LogP contribution in [0.4, 0.5) is 8.78 Å². The molecule has 9 nitrogen and oxygen atoms in total. The van der Waals surface area contributed by atoms with Gasteiger partial charge in [-0.3, -0.25) is 9.59 Å². The third-order valence-corrected chi connectivity index (χ3v) is 7.92. The summed E-state index contributed by atoms with van der Waals surface area (Å²) in [6.45, 7) is 1.05. The van der Waals surface area contributed by atoms with E-state index in [-0.39, 0.29) is 41.2 Å². The standard InChI is InChI=1S/C28H30Cl2F2N2O7/c1-2-38-16-26(37)41-23-13-27(33-24(35)14-39-17-3-5-19(29)21(31)11-17)7-9-28(23,10-8-27)34-25(36)15-40-18-4-6-20(30)22(32)12-18/h3-6,11-12,23H,2,7-10,13-16H2,1H3,(H,33,35)(H,34,36)/t23-,27?,28?/m0/s1. The summed E-state index contributed by atoms with van der Waals surface area (Å²) in [5.41, 5.74) is -1.59. The molecule has 0 spiro atoms. The van der Waals surface area contributed by atoms with Crippen molar-refractivity contribution in [3.63, 3.8) is 0 Å². The number of carbonyl (C=O) groups excluding carboxylic acids is 3. The Kier molecular flexibility index (Phi) is 9.93. The summed E-state index contributed by atoms with van der Waals surface area (Å²) < 4.78 is 49.2. The van der Waals surface area contributed by atoms with Crippen molar-refractivity contribution in [1.29, 1.82) is 0 Å². The minimum absolute atomic E-state index is 0.0592. The van der Waals surface area contributed by atoms with Crippen molar-refractivity contribution in [2.75, 3.05) is 26.4 Å². The number of fused-ring (bicyclic) bond motifs is 3. The highest BCUT2D eigenvalue weighted by molar-refractivity contribution is 6.31. The minimum atomic E-state index is -0.891. The lowest BCUT2D eigenvalue weighted by atomic mass is 9.59. The molecule has 2 bridgehead atoms. The zero-order chi connectivity index (χ0) is 29.6. The number of ether oxygens (including phenoxy) is 4. The highest BCUT2D eigenvalue weighted by Crippen LogP contribution is 2.48. The van der Waals surface area contributed by atoms with Gasteiger partial charge in [-0.15, -0.1) is 0 Å². The first kappa shape index (κ1) is 30.8. The van der Waals surface area contributed by atoms with E-state index in [2.05, 4.69) is 10.6 Å². The number of amides is 2. The van der Waals surface area contributed by atoms with Crippen LogP contribution >= 0.6 is 23.2 Å². The first-order chi connectivity index (χ1) is 19.5. The van der Waals surface area contributed by atoms with E-state index in [1.807, 2.05) is 0 Å². The Hall–Kier alpha value is -3.15. The Bertz CT molecular complexity index is 1290. The molecule has 41 heavy (non-hydrogen) atoms.